The van der Waals surface area contributed by atoms with Gasteiger partial charge in [-0.3, -0.25) is 0 Å². The molecule has 0 radical (unpaired) electrons. The Kier molecular flexibility index (Phi) is 4.32. The lowest BCUT2D eigenvalue weighted by atomic mass is 10.0. The van der Waals surface area contributed by atoms with Crippen molar-refractivity contribution in [2.45, 2.75) is 38.6 Å². The highest BCUT2D eigenvalue weighted by molar-refractivity contribution is 5.55. The topological polar surface area (TPSA) is 52.9 Å². The quantitative estimate of drug-likeness (QED) is 0.889. The number of nitrogens with zero attached hydrogens (tertiary/aromatic N) is 1. The molecule has 0 amide bonds. The molecular formula is C15H22FNO3. The minimum atomic E-state index is -0.751. The molecule has 1 aromatic carbocycles. The maximum absolute atomic E-state index is 13.4. The molecule has 4 nitrogen and oxygen atoms in total. The third kappa shape index (κ3) is 3.29. The zero-order valence-corrected chi connectivity index (χ0v) is 12.1. The molecule has 2 unspecified atom stereocenters. The molecule has 1 fully saturated rings. The van der Waals surface area contributed by atoms with E-state index in [1.165, 1.54) is 12.1 Å². The van der Waals surface area contributed by atoms with E-state index in [2.05, 4.69) is 0 Å². The highest BCUT2D eigenvalue weighted by Gasteiger charge is 2.34. The number of aliphatic hydroxyl groups is 2. The normalized spacial score (nSPS) is 23.7. The first-order valence-electron chi connectivity index (χ1n) is 6.83. The van der Waals surface area contributed by atoms with Crippen LogP contribution < -0.4 is 4.90 Å². The number of halogens is 1. The van der Waals surface area contributed by atoms with Crippen LogP contribution in [0.3, 0.4) is 0 Å². The van der Waals surface area contributed by atoms with Crippen molar-refractivity contribution in [3.05, 3.63) is 29.6 Å². The predicted molar refractivity (Wildman–Crippen MR) is 75.3 cm³/mol. The fourth-order valence-electron chi connectivity index (χ4n) is 2.72. The van der Waals surface area contributed by atoms with Gasteiger partial charge in [0.1, 0.15) is 5.82 Å². The van der Waals surface area contributed by atoms with Gasteiger partial charge in [-0.2, -0.15) is 0 Å². The maximum atomic E-state index is 13.4. The second-order valence-corrected chi connectivity index (χ2v) is 5.94. The molecule has 1 aliphatic heterocycles. The van der Waals surface area contributed by atoms with E-state index in [-0.39, 0.29) is 18.5 Å². The van der Waals surface area contributed by atoms with E-state index in [9.17, 15) is 14.6 Å². The molecule has 2 rings (SSSR count). The van der Waals surface area contributed by atoms with Gasteiger partial charge in [0, 0.05) is 24.3 Å². The molecule has 1 heterocycles. The van der Waals surface area contributed by atoms with E-state index in [1.807, 2.05) is 18.7 Å². The van der Waals surface area contributed by atoms with Crippen LogP contribution in [-0.2, 0) is 4.74 Å². The van der Waals surface area contributed by atoms with Crippen molar-refractivity contribution in [3.63, 3.8) is 0 Å². The fraction of sp³-hybridized carbons (Fsp3) is 0.600. The van der Waals surface area contributed by atoms with Gasteiger partial charge in [-0.25, -0.2) is 4.39 Å². The molecule has 0 spiro atoms. The Labute approximate surface area is 118 Å². The van der Waals surface area contributed by atoms with Crippen LogP contribution in [0.5, 0.6) is 0 Å². The number of hydrogen-bond donors (Lipinski definition) is 2. The number of rotatable bonds is 3. The van der Waals surface area contributed by atoms with Gasteiger partial charge < -0.3 is 19.8 Å². The number of morpholine rings is 1. The van der Waals surface area contributed by atoms with Gasteiger partial charge in [-0.05, 0) is 39.0 Å². The van der Waals surface area contributed by atoms with E-state index in [0.29, 0.717) is 18.7 Å². The molecule has 1 aromatic rings. The summed E-state index contributed by atoms with van der Waals surface area (Å²) in [4.78, 5) is 2.03. The average Bonchev–Trinajstić information content (AvgIpc) is 2.36. The van der Waals surface area contributed by atoms with Crippen LogP contribution in [0.1, 0.15) is 32.4 Å². The molecule has 0 saturated carbocycles. The standard InChI is InChI=1S/C15H22FNO3/c1-10(19)13-6-11(16)4-5-14(13)17-7-12(8-18)20-15(2,3)9-17/h4-6,10,12,18-19H,7-9H2,1-3H3. The molecule has 0 aliphatic carbocycles. The summed E-state index contributed by atoms with van der Waals surface area (Å²) in [6.07, 6.45) is -1.04. The second kappa shape index (κ2) is 5.68. The van der Waals surface area contributed by atoms with Crippen molar-refractivity contribution >= 4 is 5.69 Å². The van der Waals surface area contributed by atoms with Gasteiger partial charge in [0.05, 0.1) is 24.4 Å². The first-order valence-corrected chi connectivity index (χ1v) is 6.83. The average molecular weight is 283 g/mol. The second-order valence-electron chi connectivity index (χ2n) is 5.94. The third-order valence-electron chi connectivity index (χ3n) is 3.47. The Balaban J connectivity index is 2.35. The summed E-state index contributed by atoms with van der Waals surface area (Å²) in [5.41, 5.74) is 0.936. The van der Waals surface area contributed by atoms with Gasteiger partial charge >= 0.3 is 0 Å². The lowest BCUT2D eigenvalue weighted by Gasteiger charge is -2.44. The number of aliphatic hydroxyl groups excluding tert-OH is 2. The summed E-state index contributed by atoms with van der Waals surface area (Å²) >= 11 is 0. The van der Waals surface area contributed by atoms with E-state index in [4.69, 9.17) is 4.74 Å². The van der Waals surface area contributed by atoms with Crippen molar-refractivity contribution in [1.29, 1.82) is 0 Å². The highest BCUT2D eigenvalue weighted by atomic mass is 19.1. The number of hydrogen-bond acceptors (Lipinski definition) is 4. The first-order chi connectivity index (χ1) is 9.32. The number of ether oxygens (including phenoxy) is 1. The van der Waals surface area contributed by atoms with Crippen LogP contribution in [0, 0.1) is 5.82 Å². The summed E-state index contributed by atoms with van der Waals surface area (Å²) in [6, 6.07) is 4.42. The van der Waals surface area contributed by atoms with E-state index in [1.54, 1.807) is 13.0 Å². The van der Waals surface area contributed by atoms with Gasteiger partial charge in [-0.1, -0.05) is 0 Å². The lowest BCUT2D eigenvalue weighted by Crippen LogP contribution is -2.54. The van der Waals surface area contributed by atoms with E-state index < -0.39 is 11.7 Å². The summed E-state index contributed by atoms with van der Waals surface area (Å²) < 4.78 is 19.1. The monoisotopic (exact) mass is 283 g/mol. The Morgan fingerprint density at radius 3 is 2.80 bits per heavy atom. The molecule has 2 N–H and O–H groups in total. The molecule has 5 heteroatoms. The van der Waals surface area contributed by atoms with Crippen molar-refractivity contribution in [1.82, 2.24) is 0 Å². The number of anilines is 1. The van der Waals surface area contributed by atoms with E-state index in [0.717, 1.165) is 5.69 Å². The first kappa shape index (κ1) is 15.2. The minimum Gasteiger partial charge on any atom is -0.394 e. The smallest absolute Gasteiger partial charge is 0.123 e. The molecule has 112 valence electrons. The molecular weight excluding hydrogens is 261 g/mol. The predicted octanol–water partition coefficient (Wildman–Crippen LogP) is 1.86. The Hall–Kier alpha value is -1.17. The summed E-state index contributed by atoms with van der Waals surface area (Å²) in [5, 5.41) is 19.2. The van der Waals surface area contributed by atoms with Gasteiger partial charge in [0.15, 0.2) is 0 Å². The van der Waals surface area contributed by atoms with Crippen LogP contribution in [-0.4, -0.2) is 41.6 Å². The molecule has 0 bridgehead atoms. The van der Waals surface area contributed by atoms with Gasteiger partial charge in [-0.15, -0.1) is 0 Å². The molecule has 2 atom stereocenters. The van der Waals surface area contributed by atoms with Crippen LogP contribution in [0.25, 0.3) is 0 Å². The summed E-state index contributed by atoms with van der Waals surface area (Å²) in [7, 11) is 0. The van der Waals surface area contributed by atoms with Crippen LogP contribution >= 0.6 is 0 Å². The van der Waals surface area contributed by atoms with Crippen molar-refractivity contribution in [3.8, 4) is 0 Å². The Bertz CT molecular complexity index is 476. The highest BCUT2D eigenvalue weighted by Crippen LogP contribution is 2.32. The molecule has 0 aromatic heterocycles. The van der Waals surface area contributed by atoms with Crippen LogP contribution in [0.2, 0.25) is 0 Å². The van der Waals surface area contributed by atoms with Gasteiger partial charge in [0.2, 0.25) is 0 Å². The summed E-state index contributed by atoms with van der Waals surface area (Å²) in [5.74, 6) is -0.365. The number of benzene rings is 1. The molecule has 20 heavy (non-hydrogen) atoms. The lowest BCUT2D eigenvalue weighted by molar-refractivity contribution is -0.101. The SMILES string of the molecule is CC(O)c1cc(F)ccc1N1CC(CO)OC(C)(C)C1. The van der Waals surface area contributed by atoms with Crippen LogP contribution in [0.4, 0.5) is 10.1 Å². The summed E-state index contributed by atoms with van der Waals surface area (Å²) in [6.45, 7) is 6.60. The molecule has 1 saturated heterocycles. The van der Waals surface area contributed by atoms with E-state index >= 15 is 0 Å². The van der Waals surface area contributed by atoms with Gasteiger partial charge in [0.25, 0.3) is 0 Å². The van der Waals surface area contributed by atoms with Crippen molar-refractivity contribution in [2.24, 2.45) is 0 Å². The zero-order valence-electron chi connectivity index (χ0n) is 12.1. The Morgan fingerprint density at radius 2 is 2.20 bits per heavy atom. The fourth-order valence-corrected chi connectivity index (χ4v) is 2.72. The van der Waals surface area contributed by atoms with Crippen molar-refractivity contribution < 1.29 is 19.3 Å². The largest absolute Gasteiger partial charge is 0.394 e. The van der Waals surface area contributed by atoms with Crippen LogP contribution in [0.15, 0.2) is 18.2 Å². The maximum Gasteiger partial charge on any atom is 0.123 e. The zero-order chi connectivity index (χ0) is 14.9. The third-order valence-corrected chi connectivity index (χ3v) is 3.47. The van der Waals surface area contributed by atoms with Crippen molar-refractivity contribution in [2.75, 3.05) is 24.6 Å². The molecule has 1 aliphatic rings. The Morgan fingerprint density at radius 1 is 1.50 bits per heavy atom. The minimum absolute atomic E-state index is 0.0643.